The molecule has 0 aromatic heterocycles. The van der Waals surface area contributed by atoms with Crippen LogP contribution in [0, 0.1) is 11.3 Å². The second-order valence-corrected chi connectivity index (χ2v) is 1.55. The zero-order valence-corrected chi connectivity index (χ0v) is 5.63. The summed E-state index contributed by atoms with van der Waals surface area (Å²) in [5, 5.41) is 8.07. The van der Waals surface area contributed by atoms with Gasteiger partial charge in [-0.25, -0.2) is 0 Å². The quantitative estimate of drug-likeness (QED) is 0.421. The molecule has 0 bridgehead atoms. The van der Waals surface area contributed by atoms with Crippen LogP contribution in [0.4, 0.5) is 0 Å². The van der Waals surface area contributed by atoms with E-state index in [0.717, 1.165) is 0 Å². The van der Waals surface area contributed by atoms with Crippen LogP contribution in [0.2, 0.25) is 0 Å². The first-order chi connectivity index (χ1) is 4.41. The molecule has 0 aliphatic heterocycles. The normalized spacial score (nSPS) is 9.78. The van der Waals surface area contributed by atoms with Gasteiger partial charge in [0.15, 0.2) is 0 Å². The first-order valence-electron chi connectivity index (χ1n) is 2.97. The van der Waals surface area contributed by atoms with Crippen molar-refractivity contribution in [3.8, 4) is 6.07 Å². The molecule has 0 spiro atoms. The fraction of sp³-hybridized carbons (Fsp3) is 0.571. The van der Waals surface area contributed by atoms with Crippen molar-refractivity contribution in [2.75, 3.05) is 13.2 Å². The summed E-state index contributed by atoms with van der Waals surface area (Å²) in [6.45, 7) is 3.10. The molecule has 0 atom stereocenters. The fourth-order valence-electron chi connectivity index (χ4n) is 0.365. The first kappa shape index (κ1) is 8.19. The van der Waals surface area contributed by atoms with E-state index in [1.165, 1.54) is 0 Å². The number of nitriles is 1. The Bertz CT molecular complexity index is 113. The molecule has 9 heavy (non-hydrogen) atoms. The maximum absolute atomic E-state index is 8.07. The van der Waals surface area contributed by atoms with Gasteiger partial charge in [-0.2, -0.15) is 5.26 Å². The van der Waals surface area contributed by atoms with E-state index in [1.807, 2.05) is 25.1 Å². The highest BCUT2D eigenvalue weighted by atomic mass is 16.5. The summed E-state index contributed by atoms with van der Waals surface area (Å²) in [5.41, 5.74) is 0. The number of ether oxygens (including phenoxy) is 1. The molecule has 0 heterocycles. The lowest BCUT2D eigenvalue weighted by molar-refractivity contribution is 0.168. The van der Waals surface area contributed by atoms with Crippen molar-refractivity contribution in [3.05, 3.63) is 12.2 Å². The number of hydrogen-bond donors (Lipinski definition) is 0. The highest BCUT2D eigenvalue weighted by molar-refractivity contribution is 4.76. The van der Waals surface area contributed by atoms with Crippen molar-refractivity contribution in [2.24, 2.45) is 0 Å². The molecule has 0 saturated heterocycles. The molecule has 0 fully saturated rings. The molecule has 0 unspecified atom stereocenters. The summed E-state index contributed by atoms with van der Waals surface area (Å²) in [5.74, 6) is 0. The molecule has 0 aliphatic rings. The Kier molecular flexibility index (Phi) is 6.54. The van der Waals surface area contributed by atoms with Crippen molar-refractivity contribution in [1.82, 2.24) is 0 Å². The highest BCUT2D eigenvalue weighted by Crippen LogP contribution is 1.80. The van der Waals surface area contributed by atoms with E-state index in [-0.39, 0.29) is 0 Å². The van der Waals surface area contributed by atoms with E-state index >= 15 is 0 Å². The van der Waals surface area contributed by atoms with Crippen molar-refractivity contribution in [3.63, 3.8) is 0 Å². The average molecular weight is 125 g/mol. The minimum Gasteiger partial charge on any atom is -0.376 e. The van der Waals surface area contributed by atoms with Crippen LogP contribution in [0.15, 0.2) is 12.2 Å². The van der Waals surface area contributed by atoms with Gasteiger partial charge in [0, 0.05) is 0 Å². The number of allylic oxidation sites excluding steroid dienone is 1. The molecule has 0 amide bonds. The molecule has 0 aromatic carbocycles. The Morgan fingerprint density at radius 3 is 3.00 bits per heavy atom. The van der Waals surface area contributed by atoms with Gasteiger partial charge in [0.25, 0.3) is 0 Å². The zero-order valence-electron chi connectivity index (χ0n) is 5.63. The number of nitrogens with zero attached hydrogens (tertiary/aromatic N) is 1. The third-order valence-electron chi connectivity index (χ3n) is 0.808. The van der Waals surface area contributed by atoms with E-state index < -0.39 is 0 Å². The van der Waals surface area contributed by atoms with E-state index in [9.17, 15) is 0 Å². The monoisotopic (exact) mass is 125 g/mol. The van der Waals surface area contributed by atoms with Gasteiger partial charge in [-0.05, 0) is 6.92 Å². The predicted octanol–water partition coefficient (Wildman–Crippen LogP) is 1.49. The van der Waals surface area contributed by atoms with Gasteiger partial charge in [0.2, 0.25) is 0 Å². The largest absolute Gasteiger partial charge is 0.376 e. The van der Waals surface area contributed by atoms with E-state index in [0.29, 0.717) is 19.6 Å². The minimum absolute atomic E-state index is 0.484. The SMILES string of the molecule is CC=CCOCCC#N. The Morgan fingerprint density at radius 1 is 1.67 bits per heavy atom. The molecular formula is C7H11NO. The highest BCUT2D eigenvalue weighted by Gasteiger charge is 1.80. The average Bonchev–Trinajstić information content (AvgIpc) is 1.89. The lowest BCUT2D eigenvalue weighted by atomic mass is 10.5. The van der Waals surface area contributed by atoms with Crippen LogP contribution >= 0.6 is 0 Å². The van der Waals surface area contributed by atoms with Crippen LogP contribution in [0.25, 0.3) is 0 Å². The van der Waals surface area contributed by atoms with Gasteiger partial charge in [-0.15, -0.1) is 0 Å². The maximum atomic E-state index is 8.07. The van der Waals surface area contributed by atoms with Gasteiger partial charge in [0.05, 0.1) is 25.7 Å². The van der Waals surface area contributed by atoms with Crippen LogP contribution in [0.5, 0.6) is 0 Å². The van der Waals surface area contributed by atoms with Gasteiger partial charge in [0.1, 0.15) is 0 Å². The summed E-state index contributed by atoms with van der Waals surface area (Å²) in [6, 6.07) is 2.00. The summed E-state index contributed by atoms with van der Waals surface area (Å²) in [7, 11) is 0. The van der Waals surface area contributed by atoms with Gasteiger partial charge in [-0.1, -0.05) is 12.2 Å². The lowest BCUT2D eigenvalue weighted by Crippen LogP contribution is -1.91. The van der Waals surface area contributed by atoms with E-state index in [1.54, 1.807) is 0 Å². The van der Waals surface area contributed by atoms with Crippen molar-refractivity contribution in [2.45, 2.75) is 13.3 Å². The Labute approximate surface area is 55.7 Å². The number of hydrogen-bond acceptors (Lipinski definition) is 2. The smallest absolute Gasteiger partial charge is 0.0647 e. The Hall–Kier alpha value is -0.810. The predicted molar refractivity (Wildman–Crippen MR) is 35.9 cm³/mol. The molecular weight excluding hydrogens is 114 g/mol. The second kappa shape index (κ2) is 7.19. The third kappa shape index (κ3) is 7.19. The van der Waals surface area contributed by atoms with Crippen LogP contribution in [-0.2, 0) is 4.74 Å². The van der Waals surface area contributed by atoms with Crippen molar-refractivity contribution < 1.29 is 4.74 Å². The second-order valence-electron chi connectivity index (χ2n) is 1.55. The molecule has 2 nitrogen and oxygen atoms in total. The van der Waals surface area contributed by atoms with Gasteiger partial charge in [-0.3, -0.25) is 0 Å². The molecule has 0 rings (SSSR count). The van der Waals surface area contributed by atoms with Crippen molar-refractivity contribution >= 4 is 0 Å². The van der Waals surface area contributed by atoms with Gasteiger partial charge < -0.3 is 4.74 Å². The molecule has 0 saturated carbocycles. The molecule has 2 heteroatoms. The van der Waals surface area contributed by atoms with Crippen molar-refractivity contribution in [1.29, 1.82) is 5.26 Å². The maximum Gasteiger partial charge on any atom is 0.0647 e. The summed E-state index contributed by atoms with van der Waals surface area (Å²) in [4.78, 5) is 0. The van der Waals surface area contributed by atoms with Crippen LogP contribution in [0.3, 0.4) is 0 Å². The van der Waals surface area contributed by atoms with Crippen LogP contribution in [0.1, 0.15) is 13.3 Å². The molecule has 50 valence electrons. The van der Waals surface area contributed by atoms with Crippen LogP contribution in [-0.4, -0.2) is 13.2 Å². The summed E-state index contributed by atoms with van der Waals surface area (Å²) < 4.78 is 5.01. The van der Waals surface area contributed by atoms with Gasteiger partial charge >= 0.3 is 0 Å². The van der Waals surface area contributed by atoms with E-state index in [2.05, 4.69) is 0 Å². The number of rotatable bonds is 4. The molecule has 0 aliphatic carbocycles. The summed E-state index contributed by atoms with van der Waals surface area (Å²) >= 11 is 0. The lowest BCUT2D eigenvalue weighted by Gasteiger charge is -1.92. The molecule has 0 radical (unpaired) electrons. The molecule has 0 N–H and O–H groups in total. The fourth-order valence-corrected chi connectivity index (χ4v) is 0.365. The minimum atomic E-state index is 0.484. The summed E-state index contributed by atoms with van der Waals surface area (Å²) in [6.07, 6.45) is 4.32. The Balaban J connectivity index is 2.85. The third-order valence-corrected chi connectivity index (χ3v) is 0.808. The standard InChI is InChI=1S/C7H11NO/c1-2-3-6-9-7-4-5-8/h2-3H,4,6-7H2,1H3. The van der Waals surface area contributed by atoms with Crippen LogP contribution < -0.4 is 0 Å². The first-order valence-corrected chi connectivity index (χ1v) is 2.97. The molecule has 0 aromatic rings. The zero-order chi connectivity index (χ0) is 6.95. The Morgan fingerprint density at radius 2 is 2.44 bits per heavy atom. The van der Waals surface area contributed by atoms with E-state index in [4.69, 9.17) is 10.00 Å². The topological polar surface area (TPSA) is 33.0 Å².